The van der Waals surface area contributed by atoms with Gasteiger partial charge < -0.3 is 9.47 Å². The van der Waals surface area contributed by atoms with Crippen LogP contribution in [0.2, 0.25) is 0 Å². The van der Waals surface area contributed by atoms with Crippen molar-refractivity contribution in [1.82, 2.24) is 14.5 Å². The number of hydrogen-bond donors (Lipinski definition) is 0. The lowest BCUT2D eigenvalue weighted by molar-refractivity contribution is 0.0991. The number of allylic oxidation sites excluding steroid dienone is 1. The Morgan fingerprint density at radius 1 is 1.53 bits per heavy atom. The summed E-state index contributed by atoms with van der Waals surface area (Å²) in [5.41, 5.74) is 0.285. The number of aromatic nitrogens is 2. The fourth-order valence-corrected chi connectivity index (χ4v) is 1.68. The SMILES string of the molecule is Cc1ncc(C(=O)C(F)=CN(C)C)n1C(C)C. The van der Waals surface area contributed by atoms with Gasteiger partial charge in [0.1, 0.15) is 11.5 Å². The molecule has 0 aliphatic rings. The molecular weight excluding hydrogens is 221 g/mol. The van der Waals surface area contributed by atoms with E-state index >= 15 is 0 Å². The van der Waals surface area contributed by atoms with Gasteiger partial charge in [-0.3, -0.25) is 4.79 Å². The first-order valence-electron chi connectivity index (χ1n) is 5.47. The first kappa shape index (κ1) is 13.4. The third-order valence-electron chi connectivity index (χ3n) is 2.32. The lowest BCUT2D eigenvalue weighted by Gasteiger charge is -2.13. The predicted octanol–water partition coefficient (Wildman–Crippen LogP) is 2.33. The summed E-state index contributed by atoms with van der Waals surface area (Å²) in [4.78, 5) is 17.4. The summed E-state index contributed by atoms with van der Waals surface area (Å²) in [6.45, 7) is 5.66. The van der Waals surface area contributed by atoms with E-state index in [2.05, 4.69) is 4.98 Å². The van der Waals surface area contributed by atoms with E-state index in [0.717, 1.165) is 6.20 Å². The number of imidazole rings is 1. The van der Waals surface area contributed by atoms with E-state index in [1.165, 1.54) is 11.1 Å². The highest BCUT2D eigenvalue weighted by Gasteiger charge is 2.20. The summed E-state index contributed by atoms with van der Waals surface area (Å²) in [5, 5.41) is 0. The maximum atomic E-state index is 13.6. The first-order valence-corrected chi connectivity index (χ1v) is 5.47. The largest absolute Gasteiger partial charge is 0.381 e. The fraction of sp³-hybridized carbons (Fsp3) is 0.500. The normalized spacial score (nSPS) is 12.1. The van der Waals surface area contributed by atoms with Gasteiger partial charge in [-0.1, -0.05) is 0 Å². The molecule has 5 heteroatoms. The molecule has 0 spiro atoms. The highest BCUT2D eigenvalue weighted by atomic mass is 19.1. The van der Waals surface area contributed by atoms with E-state index in [-0.39, 0.29) is 11.7 Å². The number of carbonyl (C=O) groups is 1. The van der Waals surface area contributed by atoms with Gasteiger partial charge >= 0.3 is 0 Å². The van der Waals surface area contributed by atoms with Crippen molar-refractivity contribution >= 4 is 5.78 Å². The van der Waals surface area contributed by atoms with Crippen LogP contribution in [0.1, 0.15) is 36.2 Å². The molecular formula is C12H18FN3O. The van der Waals surface area contributed by atoms with Crippen LogP contribution < -0.4 is 0 Å². The van der Waals surface area contributed by atoms with Gasteiger partial charge in [-0.25, -0.2) is 9.37 Å². The van der Waals surface area contributed by atoms with E-state index in [1.807, 2.05) is 13.8 Å². The van der Waals surface area contributed by atoms with Gasteiger partial charge in [-0.15, -0.1) is 0 Å². The van der Waals surface area contributed by atoms with Crippen LogP contribution in [0.5, 0.6) is 0 Å². The highest BCUT2D eigenvalue weighted by molar-refractivity contribution is 6.05. The van der Waals surface area contributed by atoms with Crippen molar-refractivity contribution in [2.75, 3.05) is 14.1 Å². The molecule has 4 nitrogen and oxygen atoms in total. The maximum absolute atomic E-state index is 13.6. The van der Waals surface area contributed by atoms with Crippen LogP contribution in [0.15, 0.2) is 18.2 Å². The highest BCUT2D eigenvalue weighted by Crippen LogP contribution is 2.17. The quantitative estimate of drug-likeness (QED) is 0.598. The van der Waals surface area contributed by atoms with Gasteiger partial charge in [0.15, 0.2) is 5.83 Å². The third-order valence-corrected chi connectivity index (χ3v) is 2.32. The summed E-state index contributed by atoms with van der Waals surface area (Å²) in [6, 6.07) is 0.0728. The van der Waals surface area contributed by atoms with E-state index in [4.69, 9.17) is 0 Å². The Hall–Kier alpha value is -1.65. The van der Waals surface area contributed by atoms with Crippen molar-refractivity contribution in [1.29, 1.82) is 0 Å². The summed E-state index contributed by atoms with van der Waals surface area (Å²) in [5.74, 6) is -0.703. The zero-order valence-electron chi connectivity index (χ0n) is 10.9. The Labute approximate surface area is 101 Å². The average molecular weight is 239 g/mol. The molecule has 0 bridgehead atoms. The molecule has 0 amide bonds. The van der Waals surface area contributed by atoms with Gasteiger partial charge in [0.2, 0.25) is 5.78 Å². The third kappa shape index (κ3) is 2.93. The molecule has 0 fully saturated rings. The maximum Gasteiger partial charge on any atom is 0.240 e. The Bertz CT molecular complexity index is 447. The van der Waals surface area contributed by atoms with Crippen LogP contribution in [0.3, 0.4) is 0 Å². The van der Waals surface area contributed by atoms with Gasteiger partial charge in [0.05, 0.1) is 6.20 Å². The number of carbonyl (C=O) groups excluding carboxylic acids is 1. The van der Waals surface area contributed by atoms with Crippen molar-refractivity contribution in [3.05, 3.63) is 29.7 Å². The Morgan fingerprint density at radius 3 is 2.59 bits per heavy atom. The van der Waals surface area contributed by atoms with Crippen LogP contribution in [0, 0.1) is 6.92 Å². The zero-order chi connectivity index (χ0) is 13.2. The monoisotopic (exact) mass is 239 g/mol. The van der Waals surface area contributed by atoms with Crippen molar-refractivity contribution in [2.24, 2.45) is 0 Å². The average Bonchev–Trinajstić information content (AvgIpc) is 2.57. The Morgan fingerprint density at radius 2 is 2.12 bits per heavy atom. The van der Waals surface area contributed by atoms with Crippen LogP contribution in [0.4, 0.5) is 4.39 Å². The van der Waals surface area contributed by atoms with Gasteiger partial charge in [-0.05, 0) is 20.8 Å². The number of hydrogen-bond acceptors (Lipinski definition) is 3. The number of ketones is 1. The van der Waals surface area contributed by atoms with Crippen LogP contribution in [0.25, 0.3) is 0 Å². The molecule has 1 aromatic heterocycles. The molecule has 0 unspecified atom stereocenters. The summed E-state index contributed by atoms with van der Waals surface area (Å²) < 4.78 is 15.3. The smallest absolute Gasteiger partial charge is 0.240 e. The molecule has 1 aromatic rings. The van der Waals surface area contributed by atoms with Crippen molar-refractivity contribution in [2.45, 2.75) is 26.8 Å². The molecule has 0 radical (unpaired) electrons. The zero-order valence-corrected chi connectivity index (χ0v) is 10.9. The molecule has 1 heterocycles. The van der Waals surface area contributed by atoms with Crippen molar-refractivity contribution in [3.63, 3.8) is 0 Å². The number of aryl methyl sites for hydroxylation is 1. The molecule has 1 rings (SSSR count). The minimum atomic E-state index is -0.781. The van der Waals surface area contributed by atoms with E-state index in [1.54, 1.807) is 25.6 Å². The van der Waals surface area contributed by atoms with Gasteiger partial charge in [0.25, 0.3) is 0 Å². The van der Waals surface area contributed by atoms with Crippen molar-refractivity contribution in [3.8, 4) is 0 Å². The van der Waals surface area contributed by atoms with Crippen LogP contribution in [-0.2, 0) is 0 Å². The molecule has 0 aromatic carbocycles. The molecule has 17 heavy (non-hydrogen) atoms. The summed E-state index contributed by atoms with van der Waals surface area (Å²) in [6.07, 6.45) is 2.58. The van der Waals surface area contributed by atoms with E-state index in [0.29, 0.717) is 5.82 Å². The minimum absolute atomic E-state index is 0.0728. The molecule has 0 saturated heterocycles. The predicted molar refractivity (Wildman–Crippen MR) is 64.6 cm³/mol. The van der Waals surface area contributed by atoms with Crippen LogP contribution >= 0.6 is 0 Å². The minimum Gasteiger partial charge on any atom is -0.381 e. The second-order valence-corrected chi connectivity index (χ2v) is 4.42. The number of halogens is 1. The molecule has 0 saturated carbocycles. The van der Waals surface area contributed by atoms with Crippen LogP contribution in [-0.4, -0.2) is 34.3 Å². The molecule has 94 valence electrons. The summed E-state index contributed by atoms with van der Waals surface area (Å²) >= 11 is 0. The van der Waals surface area contributed by atoms with Gasteiger partial charge in [0, 0.05) is 26.3 Å². The fourth-order valence-electron chi connectivity index (χ4n) is 1.68. The van der Waals surface area contributed by atoms with Crippen molar-refractivity contribution < 1.29 is 9.18 Å². The Kier molecular flexibility index (Phi) is 4.04. The van der Waals surface area contributed by atoms with Gasteiger partial charge in [-0.2, -0.15) is 0 Å². The second kappa shape index (κ2) is 5.12. The second-order valence-electron chi connectivity index (χ2n) is 4.42. The number of rotatable bonds is 4. The molecule has 0 N–H and O–H groups in total. The lowest BCUT2D eigenvalue weighted by Crippen LogP contribution is -2.14. The molecule has 0 atom stereocenters. The standard InChI is InChI=1S/C12H18FN3O/c1-8(2)16-9(3)14-6-11(16)12(17)10(13)7-15(4)5/h6-8H,1-5H3. The topological polar surface area (TPSA) is 38.1 Å². The van der Waals surface area contributed by atoms with E-state index in [9.17, 15) is 9.18 Å². The summed E-state index contributed by atoms with van der Waals surface area (Å²) in [7, 11) is 3.33. The number of nitrogens with zero attached hydrogens (tertiary/aromatic N) is 3. The lowest BCUT2D eigenvalue weighted by atomic mass is 10.2. The molecule has 0 aliphatic heterocycles. The van der Waals surface area contributed by atoms with E-state index < -0.39 is 11.6 Å². The Balaban J connectivity index is 3.13. The molecule has 0 aliphatic carbocycles. The number of Topliss-reactive ketones (excluding diaryl/α,β-unsaturated/α-hetero) is 1. The first-order chi connectivity index (χ1) is 7.84.